The molecule has 4 rings (SSSR count). The summed E-state index contributed by atoms with van der Waals surface area (Å²) in [6, 6.07) is 10.0. The van der Waals surface area contributed by atoms with Crippen LogP contribution in [-0.2, 0) is 11.6 Å². The molecule has 2 nitrogen and oxygen atoms in total. The number of hydrogen-bond donors (Lipinski definition) is 1. The maximum atomic E-state index is 13.2. The fourth-order valence-electron chi connectivity index (χ4n) is 4.16. The second-order valence-electron chi connectivity index (χ2n) is 7.39. The monoisotopic (exact) mass is 379 g/mol. The Kier molecular flexibility index (Phi) is 3.95. The van der Waals surface area contributed by atoms with E-state index in [4.69, 9.17) is 4.74 Å². The van der Waals surface area contributed by atoms with Gasteiger partial charge in [-0.05, 0) is 41.3 Å². The van der Waals surface area contributed by atoms with E-state index in [0.717, 1.165) is 34.4 Å². The number of methoxy groups -OCH3 is 1. The number of halogens is 3. The van der Waals surface area contributed by atoms with Gasteiger partial charge in [-0.25, -0.2) is 0 Å². The summed E-state index contributed by atoms with van der Waals surface area (Å²) in [7, 11) is 1.65. The van der Waals surface area contributed by atoms with Crippen molar-refractivity contribution < 1.29 is 17.9 Å². The minimum absolute atomic E-state index is 0.0154. The van der Waals surface area contributed by atoms with Gasteiger partial charge in [0, 0.05) is 27.8 Å². The van der Waals surface area contributed by atoms with Gasteiger partial charge in [-0.15, -0.1) is 11.8 Å². The van der Waals surface area contributed by atoms with Crippen LogP contribution in [0, 0.1) is 5.92 Å². The van der Waals surface area contributed by atoms with E-state index in [-0.39, 0.29) is 12.0 Å². The summed E-state index contributed by atoms with van der Waals surface area (Å²) in [4.78, 5) is 1.17. The number of nitrogens with one attached hydrogen (secondary N) is 1. The average Bonchev–Trinajstić information content (AvgIpc) is 2.59. The van der Waals surface area contributed by atoms with Crippen molar-refractivity contribution in [2.75, 3.05) is 18.2 Å². The van der Waals surface area contributed by atoms with Gasteiger partial charge in [-0.1, -0.05) is 19.9 Å². The van der Waals surface area contributed by atoms with E-state index in [1.165, 1.54) is 11.0 Å². The standard InChI is InChI=1S/C20H20F3NOS/c1-19(2)12-9-11(20(21,22)23)7-8-14(12)24-18-13(19)10-26-16-6-4-5-15(25-3)17(16)18/h4-9,13,18,24H,10H2,1-3H3. The molecule has 0 amide bonds. The summed E-state index contributed by atoms with van der Waals surface area (Å²) in [5.74, 6) is 1.83. The van der Waals surface area contributed by atoms with Crippen LogP contribution < -0.4 is 10.1 Å². The topological polar surface area (TPSA) is 21.3 Å². The Morgan fingerprint density at radius 2 is 1.96 bits per heavy atom. The summed E-state index contributed by atoms with van der Waals surface area (Å²) < 4.78 is 45.2. The highest BCUT2D eigenvalue weighted by Gasteiger charge is 2.47. The molecule has 26 heavy (non-hydrogen) atoms. The van der Waals surface area contributed by atoms with Gasteiger partial charge in [0.15, 0.2) is 0 Å². The van der Waals surface area contributed by atoms with Crippen LogP contribution >= 0.6 is 11.8 Å². The molecule has 0 aromatic heterocycles. The first-order valence-electron chi connectivity index (χ1n) is 8.51. The van der Waals surface area contributed by atoms with Gasteiger partial charge < -0.3 is 10.1 Å². The number of alkyl halides is 3. The van der Waals surface area contributed by atoms with E-state index in [0.29, 0.717) is 0 Å². The number of fused-ring (bicyclic) bond motifs is 4. The molecule has 0 radical (unpaired) electrons. The van der Waals surface area contributed by atoms with Crippen molar-refractivity contribution in [3.05, 3.63) is 53.1 Å². The fourth-order valence-corrected chi connectivity index (χ4v) is 5.68. The minimum atomic E-state index is -4.33. The van der Waals surface area contributed by atoms with Crippen LogP contribution in [0.2, 0.25) is 0 Å². The third-order valence-electron chi connectivity index (χ3n) is 5.66. The maximum Gasteiger partial charge on any atom is 0.416 e. The molecule has 2 atom stereocenters. The number of ether oxygens (including phenoxy) is 1. The Hall–Kier alpha value is -1.82. The van der Waals surface area contributed by atoms with Crippen LogP contribution in [0.5, 0.6) is 5.75 Å². The summed E-state index contributed by atoms with van der Waals surface area (Å²) in [5.41, 5.74) is 1.62. The summed E-state index contributed by atoms with van der Waals surface area (Å²) in [5, 5.41) is 3.50. The van der Waals surface area contributed by atoms with Crippen LogP contribution in [0.4, 0.5) is 18.9 Å². The Morgan fingerprint density at radius 3 is 2.65 bits per heavy atom. The third kappa shape index (κ3) is 2.57. The van der Waals surface area contributed by atoms with Gasteiger partial charge in [0.2, 0.25) is 0 Å². The van der Waals surface area contributed by atoms with Crippen molar-refractivity contribution in [2.45, 2.75) is 36.4 Å². The first-order valence-corrected chi connectivity index (χ1v) is 9.50. The predicted molar refractivity (Wildman–Crippen MR) is 98.0 cm³/mol. The molecule has 2 heterocycles. The van der Waals surface area contributed by atoms with Crippen molar-refractivity contribution in [1.82, 2.24) is 0 Å². The summed E-state index contributed by atoms with van der Waals surface area (Å²) >= 11 is 1.75. The molecule has 2 aromatic rings. The number of benzene rings is 2. The van der Waals surface area contributed by atoms with Crippen LogP contribution in [0.15, 0.2) is 41.3 Å². The SMILES string of the molecule is COc1cccc2c1C1Nc3ccc(C(F)(F)F)cc3C(C)(C)C1CS2. The fraction of sp³-hybridized carbons (Fsp3) is 0.400. The predicted octanol–water partition coefficient (Wildman–Crippen LogP) is 5.88. The Balaban J connectivity index is 1.86. The lowest BCUT2D eigenvalue weighted by Crippen LogP contribution is -2.44. The molecule has 2 aromatic carbocycles. The molecule has 0 spiro atoms. The summed E-state index contributed by atoms with van der Waals surface area (Å²) in [6.45, 7) is 4.09. The van der Waals surface area contributed by atoms with E-state index in [9.17, 15) is 13.2 Å². The Labute approximate surface area is 155 Å². The molecule has 0 bridgehead atoms. The lowest BCUT2D eigenvalue weighted by atomic mass is 9.66. The molecular weight excluding hydrogens is 359 g/mol. The number of thioether (sulfide) groups is 1. The normalized spacial score (nSPS) is 23.3. The molecule has 0 saturated heterocycles. The van der Waals surface area contributed by atoms with Crippen molar-refractivity contribution >= 4 is 17.4 Å². The Morgan fingerprint density at radius 1 is 1.19 bits per heavy atom. The third-order valence-corrected chi connectivity index (χ3v) is 6.85. The van der Waals surface area contributed by atoms with E-state index < -0.39 is 17.2 Å². The highest BCUT2D eigenvalue weighted by Crippen LogP contribution is 2.56. The van der Waals surface area contributed by atoms with Gasteiger partial charge >= 0.3 is 6.18 Å². The molecule has 0 fully saturated rings. The zero-order valence-corrected chi connectivity index (χ0v) is 15.6. The van der Waals surface area contributed by atoms with Crippen LogP contribution in [0.25, 0.3) is 0 Å². The number of anilines is 1. The first-order chi connectivity index (χ1) is 12.2. The van der Waals surface area contributed by atoms with E-state index in [2.05, 4.69) is 11.4 Å². The molecule has 1 N–H and O–H groups in total. The smallest absolute Gasteiger partial charge is 0.416 e. The summed E-state index contributed by atoms with van der Waals surface area (Å²) in [6.07, 6.45) is -4.33. The molecule has 6 heteroatoms. The molecule has 138 valence electrons. The van der Waals surface area contributed by atoms with Crippen molar-refractivity contribution in [3.63, 3.8) is 0 Å². The van der Waals surface area contributed by atoms with Gasteiger partial charge in [0.05, 0.1) is 18.7 Å². The highest BCUT2D eigenvalue weighted by molar-refractivity contribution is 7.99. The minimum Gasteiger partial charge on any atom is -0.496 e. The lowest BCUT2D eigenvalue weighted by Gasteiger charge is -2.49. The molecule has 2 aliphatic rings. The number of hydrogen-bond acceptors (Lipinski definition) is 3. The van der Waals surface area contributed by atoms with Crippen molar-refractivity contribution in [2.24, 2.45) is 5.92 Å². The maximum absolute atomic E-state index is 13.2. The van der Waals surface area contributed by atoms with Gasteiger partial charge in [-0.3, -0.25) is 0 Å². The van der Waals surface area contributed by atoms with Crippen LogP contribution in [-0.4, -0.2) is 12.9 Å². The van der Waals surface area contributed by atoms with E-state index in [1.54, 1.807) is 24.9 Å². The first kappa shape index (κ1) is 17.6. The van der Waals surface area contributed by atoms with Crippen LogP contribution in [0.1, 0.15) is 36.6 Å². The molecule has 2 aliphatic heterocycles. The second kappa shape index (κ2) is 5.84. The zero-order valence-electron chi connectivity index (χ0n) is 14.8. The van der Waals surface area contributed by atoms with Crippen LogP contribution in [0.3, 0.4) is 0 Å². The van der Waals surface area contributed by atoms with Gasteiger partial charge in [0.25, 0.3) is 0 Å². The van der Waals surface area contributed by atoms with E-state index in [1.807, 2.05) is 26.0 Å². The lowest BCUT2D eigenvalue weighted by molar-refractivity contribution is -0.137. The zero-order chi connectivity index (χ0) is 18.7. The average molecular weight is 379 g/mol. The molecular formula is C20H20F3NOS. The molecule has 0 saturated carbocycles. The molecule has 2 unspecified atom stereocenters. The largest absolute Gasteiger partial charge is 0.496 e. The van der Waals surface area contributed by atoms with Crippen molar-refractivity contribution in [1.29, 1.82) is 0 Å². The molecule has 0 aliphatic carbocycles. The van der Waals surface area contributed by atoms with Crippen molar-refractivity contribution in [3.8, 4) is 5.75 Å². The highest BCUT2D eigenvalue weighted by atomic mass is 32.2. The van der Waals surface area contributed by atoms with Gasteiger partial charge in [0.1, 0.15) is 5.75 Å². The second-order valence-corrected chi connectivity index (χ2v) is 8.45. The van der Waals surface area contributed by atoms with Gasteiger partial charge in [-0.2, -0.15) is 13.2 Å². The van der Waals surface area contributed by atoms with E-state index >= 15 is 0 Å². The number of rotatable bonds is 1. The quantitative estimate of drug-likeness (QED) is 0.668. The Bertz CT molecular complexity index is 848.